The number of para-hydroxylation sites is 1. The van der Waals surface area contributed by atoms with Crippen LogP contribution in [-0.4, -0.2) is 29.7 Å². The number of aryl methyl sites for hydroxylation is 1. The number of nitrogens with zero attached hydrogens (tertiary/aromatic N) is 2. The molecular formula is C30H30N4O3. The molecule has 4 aromatic rings. The molecule has 6 rings (SSSR count). The highest BCUT2D eigenvalue weighted by Gasteiger charge is 2.29. The number of H-pyrrole nitrogens is 1. The first-order chi connectivity index (χ1) is 18.0. The van der Waals surface area contributed by atoms with E-state index in [0.717, 1.165) is 46.0 Å². The van der Waals surface area contributed by atoms with Gasteiger partial charge in [-0.15, -0.1) is 0 Å². The molecule has 2 aliphatic heterocycles. The fourth-order valence-electron chi connectivity index (χ4n) is 5.23. The van der Waals surface area contributed by atoms with Crippen LogP contribution in [0, 0.1) is 6.92 Å². The smallest absolute Gasteiger partial charge is 0.271 e. The maximum absolute atomic E-state index is 12.4. The highest BCUT2D eigenvalue weighted by molar-refractivity contribution is 5.59. The molecule has 0 spiro atoms. The van der Waals surface area contributed by atoms with Crippen molar-refractivity contribution in [3.05, 3.63) is 111 Å². The fourth-order valence-corrected chi connectivity index (χ4v) is 5.23. The van der Waals surface area contributed by atoms with E-state index in [1.807, 2.05) is 37.4 Å². The Hall–Kier alpha value is -4.10. The van der Waals surface area contributed by atoms with Crippen LogP contribution in [0.1, 0.15) is 47.0 Å². The zero-order valence-electron chi connectivity index (χ0n) is 21.0. The first-order valence-corrected chi connectivity index (χ1v) is 12.7. The van der Waals surface area contributed by atoms with Gasteiger partial charge in [-0.2, -0.15) is 0 Å². The maximum atomic E-state index is 12.4. The van der Waals surface area contributed by atoms with Crippen molar-refractivity contribution in [3.63, 3.8) is 0 Å². The SMILES string of the molecule is Cc1cc(C(C)Nc2ccc3c(c2)Cc2cccc(C4CN(c5ccc[nH]c5=O)CCO4)c2O3)ccn1. The van der Waals surface area contributed by atoms with Crippen molar-refractivity contribution in [2.24, 2.45) is 0 Å². The second kappa shape index (κ2) is 9.75. The van der Waals surface area contributed by atoms with E-state index in [4.69, 9.17) is 9.47 Å². The van der Waals surface area contributed by atoms with Gasteiger partial charge in [0.15, 0.2) is 0 Å². The normalized spacial score (nSPS) is 17.4. The third-order valence-corrected chi connectivity index (χ3v) is 7.14. The lowest BCUT2D eigenvalue weighted by atomic mass is 9.95. The number of morpholine rings is 1. The zero-order valence-corrected chi connectivity index (χ0v) is 21.0. The predicted octanol–water partition coefficient (Wildman–Crippen LogP) is 5.53. The number of pyridine rings is 2. The number of rotatable bonds is 5. The van der Waals surface area contributed by atoms with Gasteiger partial charge < -0.3 is 24.7 Å². The van der Waals surface area contributed by atoms with Crippen LogP contribution in [0.4, 0.5) is 11.4 Å². The Morgan fingerprint density at radius 3 is 2.89 bits per heavy atom. The van der Waals surface area contributed by atoms with Gasteiger partial charge in [0.2, 0.25) is 0 Å². The lowest BCUT2D eigenvalue weighted by Gasteiger charge is -2.35. The van der Waals surface area contributed by atoms with Crippen molar-refractivity contribution < 1.29 is 9.47 Å². The summed E-state index contributed by atoms with van der Waals surface area (Å²) in [6.45, 7) is 5.98. The van der Waals surface area contributed by atoms with E-state index in [-0.39, 0.29) is 17.7 Å². The molecule has 2 aliphatic rings. The number of aromatic nitrogens is 2. The summed E-state index contributed by atoms with van der Waals surface area (Å²) in [7, 11) is 0. The number of benzene rings is 2. The molecule has 2 N–H and O–H groups in total. The van der Waals surface area contributed by atoms with Gasteiger partial charge in [-0.1, -0.05) is 18.2 Å². The Balaban J connectivity index is 1.22. The maximum Gasteiger partial charge on any atom is 0.271 e. The topological polar surface area (TPSA) is 79.5 Å². The van der Waals surface area contributed by atoms with Crippen molar-refractivity contribution in [1.82, 2.24) is 9.97 Å². The molecule has 0 amide bonds. The molecule has 7 nitrogen and oxygen atoms in total. The standard InChI is InChI=1S/C30H30N4O3/c1-19-15-21(10-12-31-19)20(2)33-24-8-9-27-23(17-24)16-22-5-3-6-25(29(22)37-27)28-18-34(13-14-36-28)26-7-4-11-32-30(26)35/h3-12,15,17,20,28,33H,13-14,16,18H2,1-2H3,(H,32,35). The molecule has 2 atom stereocenters. The van der Waals surface area contributed by atoms with E-state index < -0.39 is 0 Å². The molecular weight excluding hydrogens is 464 g/mol. The van der Waals surface area contributed by atoms with Crippen molar-refractivity contribution in [1.29, 1.82) is 0 Å². The second-order valence-corrected chi connectivity index (χ2v) is 9.72. The minimum Gasteiger partial charge on any atom is -0.456 e. The number of hydrogen-bond donors (Lipinski definition) is 2. The minimum absolute atomic E-state index is 0.0822. The van der Waals surface area contributed by atoms with E-state index in [0.29, 0.717) is 25.4 Å². The largest absolute Gasteiger partial charge is 0.456 e. The molecule has 0 radical (unpaired) electrons. The van der Waals surface area contributed by atoms with Gasteiger partial charge in [0.25, 0.3) is 5.56 Å². The number of fused-ring (bicyclic) bond motifs is 2. The number of aromatic amines is 1. The van der Waals surface area contributed by atoms with Crippen molar-refractivity contribution in [3.8, 4) is 11.5 Å². The van der Waals surface area contributed by atoms with E-state index in [9.17, 15) is 4.79 Å². The van der Waals surface area contributed by atoms with E-state index in [1.54, 1.807) is 6.20 Å². The second-order valence-electron chi connectivity index (χ2n) is 9.72. The third-order valence-electron chi connectivity index (χ3n) is 7.14. The highest BCUT2D eigenvalue weighted by atomic mass is 16.5. The van der Waals surface area contributed by atoms with Crippen LogP contribution in [0.3, 0.4) is 0 Å². The first-order valence-electron chi connectivity index (χ1n) is 12.7. The van der Waals surface area contributed by atoms with E-state index in [2.05, 4.69) is 63.5 Å². The van der Waals surface area contributed by atoms with Crippen molar-refractivity contribution >= 4 is 11.4 Å². The molecule has 188 valence electrons. The van der Waals surface area contributed by atoms with Crippen LogP contribution in [-0.2, 0) is 11.2 Å². The molecule has 1 saturated heterocycles. The van der Waals surface area contributed by atoms with Gasteiger partial charge in [-0.25, -0.2) is 0 Å². The molecule has 2 aromatic carbocycles. The average Bonchev–Trinajstić information content (AvgIpc) is 2.92. The van der Waals surface area contributed by atoms with Gasteiger partial charge in [0, 0.05) is 60.5 Å². The van der Waals surface area contributed by atoms with Gasteiger partial charge in [0.1, 0.15) is 23.3 Å². The predicted molar refractivity (Wildman–Crippen MR) is 145 cm³/mol. The number of ether oxygens (including phenoxy) is 2. The Kier molecular flexibility index (Phi) is 6.14. The zero-order chi connectivity index (χ0) is 25.4. The summed E-state index contributed by atoms with van der Waals surface area (Å²) in [5.41, 5.74) is 7.16. The summed E-state index contributed by atoms with van der Waals surface area (Å²) in [5.74, 6) is 1.73. The molecule has 0 bridgehead atoms. The van der Waals surface area contributed by atoms with Crippen LogP contribution < -0.4 is 20.5 Å². The summed E-state index contributed by atoms with van der Waals surface area (Å²) in [4.78, 5) is 21.5. The van der Waals surface area contributed by atoms with E-state index in [1.165, 1.54) is 5.56 Å². The number of nitrogens with one attached hydrogen (secondary N) is 2. The van der Waals surface area contributed by atoms with Crippen LogP contribution in [0.5, 0.6) is 11.5 Å². The Labute approximate surface area is 216 Å². The Morgan fingerprint density at radius 1 is 1.11 bits per heavy atom. The molecule has 0 saturated carbocycles. The summed E-state index contributed by atoms with van der Waals surface area (Å²) >= 11 is 0. The quantitative estimate of drug-likeness (QED) is 0.335. The molecule has 1 fully saturated rings. The van der Waals surface area contributed by atoms with Crippen molar-refractivity contribution in [2.45, 2.75) is 32.4 Å². The monoisotopic (exact) mass is 494 g/mol. The van der Waals surface area contributed by atoms with Crippen LogP contribution in [0.2, 0.25) is 0 Å². The lowest BCUT2D eigenvalue weighted by Crippen LogP contribution is -2.41. The number of hydrogen-bond acceptors (Lipinski definition) is 6. The van der Waals surface area contributed by atoms with Crippen LogP contribution >= 0.6 is 0 Å². The van der Waals surface area contributed by atoms with Crippen LogP contribution in [0.25, 0.3) is 0 Å². The minimum atomic E-state index is -0.185. The summed E-state index contributed by atoms with van der Waals surface area (Å²) < 4.78 is 12.7. The molecule has 2 unspecified atom stereocenters. The molecule has 2 aromatic heterocycles. The fraction of sp³-hybridized carbons (Fsp3) is 0.267. The summed E-state index contributed by atoms with van der Waals surface area (Å²) in [6.07, 6.45) is 4.11. The first kappa shape index (κ1) is 23.3. The third kappa shape index (κ3) is 4.70. The highest BCUT2D eigenvalue weighted by Crippen LogP contribution is 2.43. The van der Waals surface area contributed by atoms with Gasteiger partial charge >= 0.3 is 0 Å². The van der Waals surface area contributed by atoms with Gasteiger partial charge in [-0.3, -0.25) is 9.78 Å². The van der Waals surface area contributed by atoms with Crippen LogP contribution in [0.15, 0.2) is 77.9 Å². The Morgan fingerprint density at radius 2 is 2.03 bits per heavy atom. The molecule has 4 heterocycles. The number of anilines is 2. The lowest BCUT2D eigenvalue weighted by molar-refractivity contribution is 0.0383. The summed E-state index contributed by atoms with van der Waals surface area (Å²) in [6, 6.07) is 20.6. The van der Waals surface area contributed by atoms with Gasteiger partial charge in [-0.05, 0) is 67.4 Å². The molecule has 37 heavy (non-hydrogen) atoms. The van der Waals surface area contributed by atoms with Gasteiger partial charge in [0.05, 0.1) is 6.61 Å². The molecule has 7 heteroatoms. The molecule has 0 aliphatic carbocycles. The van der Waals surface area contributed by atoms with Crippen molar-refractivity contribution in [2.75, 3.05) is 29.9 Å². The van der Waals surface area contributed by atoms with E-state index >= 15 is 0 Å². The summed E-state index contributed by atoms with van der Waals surface area (Å²) in [5, 5.41) is 3.61. The Bertz CT molecular complexity index is 1500. The average molecular weight is 495 g/mol.